The lowest BCUT2D eigenvalue weighted by atomic mass is 10.2. The molecule has 0 aromatic rings. The first kappa shape index (κ1) is 17.2. The fourth-order valence-corrected chi connectivity index (χ4v) is 2.64. The predicted molar refractivity (Wildman–Crippen MR) is 87.5 cm³/mol. The fourth-order valence-electron chi connectivity index (χ4n) is 2.64. The summed E-state index contributed by atoms with van der Waals surface area (Å²) in [6, 6.07) is 0. The number of hydrogen-bond acceptors (Lipinski definition) is 3. The second kappa shape index (κ2) is 9.19. The second-order valence-corrected chi connectivity index (χ2v) is 5.95. The molecule has 0 aromatic carbocycles. The molecule has 5 heteroatoms. The van der Waals surface area contributed by atoms with E-state index in [9.17, 15) is 0 Å². The highest BCUT2D eigenvalue weighted by Gasteiger charge is 2.14. The summed E-state index contributed by atoms with van der Waals surface area (Å²) in [7, 11) is 8.19. The summed E-state index contributed by atoms with van der Waals surface area (Å²) in [5.74, 6) is 1.06. The zero-order valence-electron chi connectivity index (χ0n) is 14.1. The number of rotatable bonds is 6. The highest BCUT2D eigenvalue weighted by atomic mass is 15.3. The van der Waals surface area contributed by atoms with Crippen molar-refractivity contribution in [2.45, 2.75) is 19.8 Å². The Kier molecular flexibility index (Phi) is 7.92. The van der Waals surface area contributed by atoms with Crippen molar-refractivity contribution in [2.75, 3.05) is 74.0 Å². The molecule has 0 N–H and O–H groups in total. The number of aliphatic imine (C=N–C) groups is 1. The Labute approximate surface area is 125 Å². The minimum absolute atomic E-state index is 0.931. The van der Waals surface area contributed by atoms with Crippen LogP contribution < -0.4 is 0 Å². The zero-order chi connectivity index (χ0) is 15.0. The van der Waals surface area contributed by atoms with Crippen LogP contribution in [-0.2, 0) is 0 Å². The number of likely N-dealkylation sites (N-methyl/N-ethyl adjacent to an activating group) is 1. The van der Waals surface area contributed by atoms with Gasteiger partial charge < -0.3 is 19.6 Å². The van der Waals surface area contributed by atoms with Crippen LogP contribution in [0.1, 0.15) is 19.8 Å². The molecular weight excluding hydrogens is 250 g/mol. The van der Waals surface area contributed by atoms with Crippen LogP contribution in [0, 0.1) is 0 Å². The van der Waals surface area contributed by atoms with E-state index in [1.54, 1.807) is 0 Å². The fraction of sp³-hybridized carbons (Fsp3) is 0.933. The van der Waals surface area contributed by atoms with Gasteiger partial charge in [-0.25, -0.2) is 0 Å². The quantitative estimate of drug-likeness (QED) is 0.411. The van der Waals surface area contributed by atoms with Crippen LogP contribution >= 0.6 is 0 Å². The van der Waals surface area contributed by atoms with Crippen LogP contribution in [0.15, 0.2) is 4.99 Å². The van der Waals surface area contributed by atoms with E-state index in [2.05, 4.69) is 31.5 Å². The van der Waals surface area contributed by atoms with Crippen molar-refractivity contribution < 1.29 is 0 Å². The van der Waals surface area contributed by atoms with Gasteiger partial charge in [0.2, 0.25) is 0 Å². The normalized spacial score (nSPS) is 17.1. The summed E-state index contributed by atoms with van der Waals surface area (Å²) >= 11 is 0. The van der Waals surface area contributed by atoms with Crippen molar-refractivity contribution in [3.05, 3.63) is 0 Å². The van der Waals surface area contributed by atoms with Gasteiger partial charge in [-0.15, -0.1) is 0 Å². The average Bonchev–Trinajstić information content (AvgIpc) is 2.42. The molecule has 0 saturated carbocycles. The number of piperazine rings is 1. The van der Waals surface area contributed by atoms with E-state index in [-0.39, 0.29) is 0 Å². The molecule has 0 unspecified atom stereocenters. The number of hydrogen-bond donors (Lipinski definition) is 0. The molecule has 0 aromatic heterocycles. The third-order valence-corrected chi connectivity index (χ3v) is 3.85. The summed E-state index contributed by atoms with van der Waals surface area (Å²) in [5, 5.41) is 0. The minimum atomic E-state index is 0.931. The van der Waals surface area contributed by atoms with Crippen molar-refractivity contribution in [1.29, 1.82) is 0 Å². The van der Waals surface area contributed by atoms with Crippen LogP contribution in [0.5, 0.6) is 0 Å². The molecule has 1 fully saturated rings. The molecular formula is C15H33N5. The van der Waals surface area contributed by atoms with Crippen LogP contribution in [0.25, 0.3) is 0 Å². The maximum absolute atomic E-state index is 4.67. The van der Waals surface area contributed by atoms with Gasteiger partial charge in [0.05, 0.1) is 0 Å². The molecule has 0 aliphatic carbocycles. The Balaban J connectivity index is 2.14. The Hall–Kier alpha value is -0.810. The largest absolute Gasteiger partial charge is 0.349 e. The topological polar surface area (TPSA) is 25.3 Å². The first-order valence-corrected chi connectivity index (χ1v) is 7.88. The predicted octanol–water partition coefficient (Wildman–Crippen LogP) is 0.883. The number of nitrogens with zero attached hydrogens (tertiary/aromatic N) is 5. The second-order valence-electron chi connectivity index (χ2n) is 5.95. The van der Waals surface area contributed by atoms with Crippen LogP contribution in [0.2, 0.25) is 0 Å². The van der Waals surface area contributed by atoms with Crippen molar-refractivity contribution in [3.63, 3.8) is 0 Å². The average molecular weight is 283 g/mol. The summed E-state index contributed by atoms with van der Waals surface area (Å²) in [5.41, 5.74) is 0. The van der Waals surface area contributed by atoms with Crippen molar-refractivity contribution in [2.24, 2.45) is 4.99 Å². The first-order chi connectivity index (χ1) is 9.54. The highest BCUT2D eigenvalue weighted by molar-refractivity contribution is 5.79. The molecule has 0 spiro atoms. The van der Waals surface area contributed by atoms with Gasteiger partial charge in [-0.1, -0.05) is 6.92 Å². The van der Waals surface area contributed by atoms with E-state index in [0.29, 0.717) is 0 Å². The van der Waals surface area contributed by atoms with E-state index < -0.39 is 0 Å². The zero-order valence-corrected chi connectivity index (χ0v) is 14.1. The highest BCUT2D eigenvalue weighted by Crippen LogP contribution is 2.03. The van der Waals surface area contributed by atoms with E-state index >= 15 is 0 Å². The van der Waals surface area contributed by atoms with E-state index in [0.717, 1.165) is 12.5 Å². The Bertz CT molecular complexity index is 270. The Morgan fingerprint density at radius 3 is 1.95 bits per heavy atom. The SMILES string of the molecule is CCN1CCN(CCCCN=C(N(C)C)N(C)C)CC1. The maximum atomic E-state index is 4.67. The molecule has 0 amide bonds. The van der Waals surface area contributed by atoms with Crippen molar-refractivity contribution >= 4 is 5.96 Å². The molecule has 20 heavy (non-hydrogen) atoms. The van der Waals surface area contributed by atoms with Gasteiger partial charge in [0.1, 0.15) is 0 Å². The summed E-state index contributed by atoms with van der Waals surface area (Å²) in [6.45, 7) is 10.5. The molecule has 118 valence electrons. The number of unbranched alkanes of at least 4 members (excludes halogenated alkanes) is 1. The van der Waals surface area contributed by atoms with Crippen LogP contribution in [-0.4, -0.2) is 99.6 Å². The van der Waals surface area contributed by atoms with Crippen molar-refractivity contribution in [1.82, 2.24) is 19.6 Å². The molecule has 5 nitrogen and oxygen atoms in total. The lowest BCUT2D eigenvalue weighted by Crippen LogP contribution is -2.46. The molecule has 0 radical (unpaired) electrons. The smallest absolute Gasteiger partial charge is 0.195 e. The molecule has 1 aliphatic heterocycles. The summed E-state index contributed by atoms with van der Waals surface area (Å²) < 4.78 is 0. The van der Waals surface area contributed by atoms with Gasteiger partial charge in [0.25, 0.3) is 0 Å². The molecule has 1 aliphatic rings. The monoisotopic (exact) mass is 283 g/mol. The van der Waals surface area contributed by atoms with Crippen LogP contribution in [0.3, 0.4) is 0 Å². The van der Waals surface area contributed by atoms with Crippen LogP contribution in [0.4, 0.5) is 0 Å². The summed E-state index contributed by atoms with van der Waals surface area (Å²) in [4.78, 5) is 13.9. The van der Waals surface area contributed by atoms with E-state index in [4.69, 9.17) is 0 Å². The molecule has 1 heterocycles. The number of guanidine groups is 1. The minimum Gasteiger partial charge on any atom is -0.349 e. The first-order valence-electron chi connectivity index (χ1n) is 7.88. The van der Waals surface area contributed by atoms with Gasteiger partial charge >= 0.3 is 0 Å². The van der Waals surface area contributed by atoms with Crippen molar-refractivity contribution in [3.8, 4) is 0 Å². The third-order valence-electron chi connectivity index (χ3n) is 3.85. The summed E-state index contributed by atoms with van der Waals surface area (Å²) in [6.07, 6.45) is 2.43. The lowest BCUT2D eigenvalue weighted by molar-refractivity contribution is 0.136. The van der Waals surface area contributed by atoms with E-state index in [1.807, 2.05) is 28.2 Å². The van der Waals surface area contributed by atoms with Gasteiger partial charge in [-0.2, -0.15) is 0 Å². The lowest BCUT2D eigenvalue weighted by Gasteiger charge is -2.33. The standard InChI is InChI=1S/C15H33N5/c1-6-19-11-13-20(14-12-19)10-8-7-9-16-15(17(2)3)18(4)5/h6-14H2,1-5H3. The van der Waals surface area contributed by atoms with Gasteiger partial charge in [0.15, 0.2) is 5.96 Å². The third kappa shape index (κ3) is 6.09. The molecule has 1 saturated heterocycles. The Morgan fingerprint density at radius 1 is 0.900 bits per heavy atom. The molecule has 1 rings (SSSR count). The molecule has 0 atom stereocenters. The molecule has 0 bridgehead atoms. The van der Waals surface area contributed by atoms with E-state index in [1.165, 1.54) is 52.1 Å². The maximum Gasteiger partial charge on any atom is 0.195 e. The van der Waals surface area contributed by atoms with Gasteiger partial charge in [-0.3, -0.25) is 4.99 Å². The van der Waals surface area contributed by atoms with Gasteiger partial charge in [-0.05, 0) is 25.9 Å². The Morgan fingerprint density at radius 2 is 1.45 bits per heavy atom. The van der Waals surface area contributed by atoms with Gasteiger partial charge in [0, 0.05) is 60.9 Å².